The van der Waals surface area contributed by atoms with Gasteiger partial charge in [0.2, 0.25) is 0 Å². The highest BCUT2D eigenvalue weighted by Gasteiger charge is 2.36. The Hall–Kier alpha value is -0.910. The van der Waals surface area contributed by atoms with Crippen LogP contribution in [-0.2, 0) is 5.54 Å². The summed E-state index contributed by atoms with van der Waals surface area (Å²) < 4.78 is 5.25. The van der Waals surface area contributed by atoms with Gasteiger partial charge in [0.1, 0.15) is 4.88 Å². The van der Waals surface area contributed by atoms with Crippen LogP contribution < -0.4 is 5.73 Å². The van der Waals surface area contributed by atoms with Gasteiger partial charge in [-0.05, 0) is 24.3 Å². The lowest BCUT2D eigenvalue weighted by Crippen LogP contribution is -2.34. The third-order valence-corrected chi connectivity index (χ3v) is 4.51. The van der Waals surface area contributed by atoms with Gasteiger partial charge < -0.3 is 10.3 Å². The van der Waals surface area contributed by atoms with Crippen molar-refractivity contribution in [2.24, 2.45) is 5.73 Å². The van der Waals surface area contributed by atoms with Crippen LogP contribution in [0.4, 0.5) is 0 Å². The summed E-state index contributed by atoms with van der Waals surface area (Å²) >= 11 is 7.52. The van der Waals surface area contributed by atoms with Crippen molar-refractivity contribution in [2.45, 2.75) is 31.2 Å². The number of aromatic nitrogens is 2. The van der Waals surface area contributed by atoms with E-state index in [9.17, 15) is 0 Å². The van der Waals surface area contributed by atoms with E-state index in [1.165, 1.54) is 11.3 Å². The minimum absolute atomic E-state index is 0.411. The molecule has 90 valence electrons. The van der Waals surface area contributed by atoms with Crippen molar-refractivity contribution < 1.29 is 4.52 Å². The number of hydrogen-bond acceptors (Lipinski definition) is 5. The fourth-order valence-corrected chi connectivity index (χ4v) is 3.25. The number of hydrogen-bond donors (Lipinski definition) is 1. The molecule has 2 heterocycles. The molecule has 2 aromatic heterocycles. The van der Waals surface area contributed by atoms with Gasteiger partial charge in [-0.15, -0.1) is 11.3 Å². The molecule has 0 aromatic carbocycles. The lowest BCUT2D eigenvalue weighted by Gasteiger charge is -2.17. The second kappa shape index (κ2) is 4.08. The van der Waals surface area contributed by atoms with E-state index in [4.69, 9.17) is 21.9 Å². The third kappa shape index (κ3) is 1.88. The van der Waals surface area contributed by atoms with Crippen molar-refractivity contribution in [1.29, 1.82) is 0 Å². The van der Waals surface area contributed by atoms with Crippen molar-refractivity contribution in [3.05, 3.63) is 22.3 Å². The lowest BCUT2D eigenvalue weighted by molar-refractivity contribution is 0.373. The van der Waals surface area contributed by atoms with Crippen molar-refractivity contribution in [2.75, 3.05) is 0 Å². The van der Waals surface area contributed by atoms with Gasteiger partial charge in [-0.25, -0.2) is 0 Å². The molecule has 2 aromatic rings. The summed E-state index contributed by atoms with van der Waals surface area (Å²) in [5.74, 6) is 1.08. The van der Waals surface area contributed by atoms with Crippen LogP contribution >= 0.6 is 22.9 Å². The molecule has 0 atom stereocenters. The molecule has 3 rings (SSSR count). The minimum Gasteiger partial charge on any atom is -0.333 e. The molecular weight excluding hydrogens is 258 g/mol. The fourth-order valence-electron chi connectivity index (χ4n) is 2.19. The number of halogens is 1. The molecule has 1 saturated carbocycles. The Morgan fingerprint density at radius 2 is 2.18 bits per heavy atom. The van der Waals surface area contributed by atoms with E-state index < -0.39 is 5.54 Å². The zero-order valence-corrected chi connectivity index (χ0v) is 10.7. The standard InChI is InChI=1S/C11H12ClN3OS/c12-7-3-6-17-8(7)9-14-10(15-16-9)11(13)4-1-2-5-11/h3,6H,1-2,4-5,13H2. The highest BCUT2D eigenvalue weighted by atomic mass is 35.5. The average Bonchev–Trinajstić information content (AvgIpc) is 2.97. The number of thiophene rings is 1. The molecule has 0 amide bonds. The molecule has 0 aliphatic heterocycles. The Labute approximate surface area is 108 Å². The average molecular weight is 270 g/mol. The fraction of sp³-hybridized carbons (Fsp3) is 0.455. The third-order valence-electron chi connectivity index (χ3n) is 3.18. The molecular formula is C11H12ClN3OS. The quantitative estimate of drug-likeness (QED) is 0.909. The summed E-state index contributed by atoms with van der Waals surface area (Å²) in [7, 11) is 0. The van der Waals surface area contributed by atoms with Crippen molar-refractivity contribution >= 4 is 22.9 Å². The zero-order valence-electron chi connectivity index (χ0n) is 9.15. The van der Waals surface area contributed by atoms with Gasteiger partial charge in [-0.2, -0.15) is 4.98 Å². The van der Waals surface area contributed by atoms with E-state index in [2.05, 4.69) is 10.1 Å². The van der Waals surface area contributed by atoms with Crippen LogP contribution in [0.3, 0.4) is 0 Å². The maximum Gasteiger partial charge on any atom is 0.269 e. The van der Waals surface area contributed by atoms with Crippen molar-refractivity contribution in [1.82, 2.24) is 10.1 Å². The molecule has 4 nitrogen and oxygen atoms in total. The maximum atomic E-state index is 6.27. The molecule has 0 spiro atoms. The monoisotopic (exact) mass is 269 g/mol. The van der Waals surface area contributed by atoms with E-state index in [-0.39, 0.29) is 0 Å². The largest absolute Gasteiger partial charge is 0.333 e. The Bertz CT molecular complexity index is 530. The second-order valence-electron chi connectivity index (χ2n) is 4.38. The molecule has 0 radical (unpaired) electrons. The van der Waals surface area contributed by atoms with Crippen molar-refractivity contribution in [3.8, 4) is 10.8 Å². The van der Waals surface area contributed by atoms with Crippen LogP contribution in [0.1, 0.15) is 31.5 Å². The molecule has 6 heteroatoms. The molecule has 17 heavy (non-hydrogen) atoms. The summed E-state index contributed by atoms with van der Waals surface area (Å²) in [6.07, 6.45) is 4.09. The first-order chi connectivity index (χ1) is 8.19. The molecule has 1 fully saturated rings. The van der Waals surface area contributed by atoms with Gasteiger partial charge in [-0.1, -0.05) is 29.6 Å². The van der Waals surface area contributed by atoms with Crippen LogP contribution in [0.5, 0.6) is 0 Å². The van der Waals surface area contributed by atoms with E-state index in [0.717, 1.165) is 30.6 Å². The lowest BCUT2D eigenvalue weighted by atomic mass is 9.99. The van der Waals surface area contributed by atoms with Crippen LogP contribution in [0.15, 0.2) is 16.0 Å². The summed E-state index contributed by atoms with van der Waals surface area (Å²) in [6.45, 7) is 0. The molecule has 0 saturated heterocycles. The van der Waals surface area contributed by atoms with E-state index in [1.807, 2.05) is 11.4 Å². The predicted octanol–water partition coefficient (Wildman–Crippen LogP) is 3.18. The van der Waals surface area contributed by atoms with E-state index in [1.54, 1.807) is 0 Å². The molecule has 0 unspecified atom stereocenters. The summed E-state index contributed by atoms with van der Waals surface area (Å²) in [4.78, 5) is 5.20. The van der Waals surface area contributed by atoms with Gasteiger partial charge in [-0.3, -0.25) is 0 Å². The Balaban J connectivity index is 1.96. The Kier molecular flexibility index (Phi) is 2.69. The highest BCUT2D eigenvalue weighted by molar-refractivity contribution is 7.14. The predicted molar refractivity (Wildman–Crippen MR) is 67.0 cm³/mol. The molecule has 0 bridgehead atoms. The normalized spacial score (nSPS) is 18.7. The first kappa shape index (κ1) is 11.2. The topological polar surface area (TPSA) is 64.9 Å². The SMILES string of the molecule is NC1(c2noc(-c3sccc3Cl)n2)CCCC1. The number of rotatable bonds is 2. The van der Waals surface area contributed by atoms with Crippen molar-refractivity contribution in [3.63, 3.8) is 0 Å². The van der Waals surface area contributed by atoms with Gasteiger partial charge in [0.05, 0.1) is 10.6 Å². The van der Waals surface area contributed by atoms with Gasteiger partial charge >= 0.3 is 0 Å². The second-order valence-corrected chi connectivity index (χ2v) is 5.71. The maximum absolute atomic E-state index is 6.27. The first-order valence-electron chi connectivity index (χ1n) is 5.55. The summed E-state index contributed by atoms with van der Waals surface area (Å²) in [6, 6.07) is 1.82. The summed E-state index contributed by atoms with van der Waals surface area (Å²) in [5, 5.41) is 6.54. The number of nitrogens with two attached hydrogens (primary N) is 1. The minimum atomic E-state index is -0.411. The molecule has 2 N–H and O–H groups in total. The van der Waals surface area contributed by atoms with E-state index in [0.29, 0.717) is 16.7 Å². The van der Waals surface area contributed by atoms with Gasteiger partial charge in [0.15, 0.2) is 5.82 Å². The van der Waals surface area contributed by atoms with Crippen LogP contribution in [0, 0.1) is 0 Å². The molecule has 1 aliphatic carbocycles. The zero-order chi connectivity index (χ0) is 11.9. The first-order valence-corrected chi connectivity index (χ1v) is 6.81. The smallest absolute Gasteiger partial charge is 0.269 e. The van der Waals surface area contributed by atoms with E-state index >= 15 is 0 Å². The van der Waals surface area contributed by atoms with Crippen LogP contribution in [0.2, 0.25) is 5.02 Å². The number of nitrogens with zero attached hydrogens (tertiary/aromatic N) is 2. The highest BCUT2D eigenvalue weighted by Crippen LogP contribution is 2.37. The Morgan fingerprint density at radius 3 is 2.82 bits per heavy atom. The van der Waals surface area contributed by atoms with Gasteiger partial charge in [0.25, 0.3) is 5.89 Å². The molecule has 1 aliphatic rings. The van der Waals surface area contributed by atoms with Crippen LogP contribution in [0.25, 0.3) is 10.8 Å². The van der Waals surface area contributed by atoms with Crippen LogP contribution in [-0.4, -0.2) is 10.1 Å². The summed E-state index contributed by atoms with van der Waals surface area (Å²) in [5.41, 5.74) is 5.86. The van der Waals surface area contributed by atoms with Gasteiger partial charge in [0, 0.05) is 0 Å². The Morgan fingerprint density at radius 1 is 1.41 bits per heavy atom.